The number of hydrogen-bond donors (Lipinski definition) is 2. The number of aromatic nitrogens is 3. The molecule has 0 aliphatic carbocycles. The lowest BCUT2D eigenvalue weighted by molar-refractivity contribution is 0.0727. The Kier molecular flexibility index (Phi) is 3.78. The lowest BCUT2D eigenvalue weighted by Crippen LogP contribution is -2.36. The van der Waals surface area contributed by atoms with Gasteiger partial charge in [-0.1, -0.05) is 30.3 Å². The predicted molar refractivity (Wildman–Crippen MR) is 94.1 cm³/mol. The van der Waals surface area contributed by atoms with Crippen LogP contribution in [0.1, 0.15) is 21.9 Å². The van der Waals surface area contributed by atoms with E-state index in [-0.39, 0.29) is 5.91 Å². The molecule has 1 aliphatic rings. The number of benzene rings is 1. The fourth-order valence-electron chi connectivity index (χ4n) is 2.85. The number of fused-ring (bicyclic) bond motifs is 1. The van der Waals surface area contributed by atoms with Gasteiger partial charge in [-0.15, -0.1) is 11.3 Å². The highest BCUT2D eigenvalue weighted by Crippen LogP contribution is 2.24. The summed E-state index contributed by atoms with van der Waals surface area (Å²) >= 11 is 1.44. The minimum atomic E-state index is -0.0331. The first-order valence-electron chi connectivity index (χ1n) is 7.80. The van der Waals surface area contributed by atoms with Gasteiger partial charge in [0.05, 0.1) is 17.9 Å². The number of anilines is 1. The highest BCUT2D eigenvalue weighted by Gasteiger charge is 2.26. The zero-order valence-electron chi connectivity index (χ0n) is 13.2. The van der Waals surface area contributed by atoms with Gasteiger partial charge in [0.1, 0.15) is 11.5 Å². The van der Waals surface area contributed by atoms with Crippen LogP contribution >= 0.6 is 11.3 Å². The van der Waals surface area contributed by atoms with Gasteiger partial charge in [0.2, 0.25) is 0 Å². The molecule has 3 heterocycles. The molecule has 0 unspecified atom stereocenters. The molecule has 0 saturated carbocycles. The summed E-state index contributed by atoms with van der Waals surface area (Å²) in [7, 11) is 1.80. The number of H-pyrrole nitrogens is 1. The molecule has 0 spiro atoms. The van der Waals surface area contributed by atoms with E-state index in [0.717, 1.165) is 34.3 Å². The molecule has 2 N–H and O–H groups in total. The third-order valence-electron chi connectivity index (χ3n) is 4.10. The van der Waals surface area contributed by atoms with Gasteiger partial charge in [0, 0.05) is 31.0 Å². The molecular weight excluding hydrogens is 322 g/mol. The third-order valence-corrected chi connectivity index (χ3v) is 4.96. The maximum atomic E-state index is 12.6. The molecule has 24 heavy (non-hydrogen) atoms. The molecule has 7 heteroatoms. The van der Waals surface area contributed by atoms with E-state index >= 15 is 0 Å². The Morgan fingerprint density at radius 1 is 1.29 bits per heavy atom. The summed E-state index contributed by atoms with van der Waals surface area (Å²) < 4.78 is 0. The van der Waals surface area contributed by atoms with Crippen LogP contribution in [0.2, 0.25) is 0 Å². The van der Waals surface area contributed by atoms with E-state index in [1.165, 1.54) is 11.3 Å². The number of nitrogens with zero attached hydrogens (tertiary/aromatic N) is 3. The summed E-state index contributed by atoms with van der Waals surface area (Å²) in [5, 5.41) is 5.51. The average molecular weight is 339 g/mol. The van der Waals surface area contributed by atoms with Crippen molar-refractivity contribution in [3.63, 3.8) is 0 Å². The zero-order valence-corrected chi connectivity index (χ0v) is 14.1. The molecule has 0 atom stereocenters. The Morgan fingerprint density at radius 2 is 2.12 bits per heavy atom. The number of amides is 1. The van der Waals surface area contributed by atoms with Gasteiger partial charge in [-0.3, -0.25) is 4.79 Å². The van der Waals surface area contributed by atoms with Crippen LogP contribution in [-0.4, -0.2) is 39.4 Å². The first kappa shape index (κ1) is 14.9. The maximum absolute atomic E-state index is 12.6. The van der Waals surface area contributed by atoms with E-state index in [1.54, 1.807) is 12.4 Å². The topological polar surface area (TPSA) is 73.9 Å². The van der Waals surface area contributed by atoms with Crippen molar-refractivity contribution in [1.82, 2.24) is 19.9 Å². The predicted octanol–water partition coefficient (Wildman–Crippen LogP) is 2.77. The second kappa shape index (κ2) is 6.09. The van der Waals surface area contributed by atoms with E-state index in [0.29, 0.717) is 18.8 Å². The van der Waals surface area contributed by atoms with Crippen LogP contribution in [0.25, 0.3) is 11.4 Å². The maximum Gasteiger partial charge on any atom is 0.273 e. The molecule has 1 aliphatic heterocycles. The van der Waals surface area contributed by atoms with Gasteiger partial charge in [0.15, 0.2) is 5.13 Å². The van der Waals surface area contributed by atoms with E-state index in [2.05, 4.69) is 20.3 Å². The highest BCUT2D eigenvalue weighted by atomic mass is 32.1. The van der Waals surface area contributed by atoms with Crippen LogP contribution in [0.15, 0.2) is 35.7 Å². The van der Waals surface area contributed by atoms with Crippen molar-refractivity contribution in [2.24, 2.45) is 0 Å². The summed E-state index contributed by atoms with van der Waals surface area (Å²) in [6, 6.07) is 10.0. The molecule has 4 rings (SSSR count). The van der Waals surface area contributed by atoms with Gasteiger partial charge >= 0.3 is 0 Å². The fraction of sp³-hybridized carbons (Fsp3) is 0.235. The van der Waals surface area contributed by atoms with Crippen LogP contribution in [0.5, 0.6) is 0 Å². The molecule has 3 aromatic rings. The smallest absolute Gasteiger partial charge is 0.273 e. The standard InChI is InChI=1S/C17H17N5OS/c1-18-17-21-14(10-24-17)16(23)22-8-7-12-13(9-22)20-15(19-12)11-5-3-2-4-6-11/h2-6,10H,7-9H2,1H3,(H,18,21)(H,19,20). The van der Waals surface area contributed by atoms with Gasteiger partial charge in [-0.25, -0.2) is 9.97 Å². The first-order valence-corrected chi connectivity index (χ1v) is 8.68. The van der Waals surface area contributed by atoms with Crippen molar-refractivity contribution in [1.29, 1.82) is 0 Å². The Balaban J connectivity index is 1.55. The summed E-state index contributed by atoms with van der Waals surface area (Å²) in [6.45, 7) is 1.21. The zero-order chi connectivity index (χ0) is 16.5. The summed E-state index contributed by atoms with van der Waals surface area (Å²) in [5.74, 6) is 0.829. The van der Waals surface area contributed by atoms with Crippen LogP contribution in [0, 0.1) is 0 Å². The van der Waals surface area contributed by atoms with E-state index in [9.17, 15) is 4.79 Å². The van der Waals surface area contributed by atoms with E-state index < -0.39 is 0 Å². The Bertz CT molecular complexity index is 870. The molecule has 0 bridgehead atoms. The van der Waals surface area contributed by atoms with Crippen molar-refractivity contribution in [3.8, 4) is 11.4 Å². The quantitative estimate of drug-likeness (QED) is 0.769. The van der Waals surface area contributed by atoms with Crippen LogP contribution < -0.4 is 5.32 Å². The monoisotopic (exact) mass is 339 g/mol. The van der Waals surface area contributed by atoms with Crippen molar-refractivity contribution in [2.45, 2.75) is 13.0 Å². The number of carbonyl (C=O) groups excluding carboxylic acids is 1. The Labute approximate surface area is 143 Å². The largest absolute Gasteiger partial charge is 0.365 e. The number of thiazole rings is 1. The number of carbonyl (C=O) groups is 1. The molecule has 0 fully saturated rings. The second-order valence-electron chi connectivity index (χ2n) is 5.64. The molecule has 6 nitrogen and oxygen atoms in total. The fourth-order valence-corrected chi connectivity index (χ4v) is 3.49. The van der Waals surface area contributed by atoms with Gasteiger partial charge < -0.3 is 15.2 Å². The summed E-state index contributed by atoms with van der Waals surface area (Å²) in [6.07, 6.45) is 0.757. The van der Waals surface area contributed by atoms with E-state index in [1.807, 2.05) is 35.2 Å². The minimum Gasteiger partial charge on any atom is -0.365 e. The lowest BCUT2D eigenvalue weighted by Gasteiger charge is -2.25. The Morgan fingerprint density at radius 3 is 2.88 bits per heavy atom. The molecule has 0 saturated heterocycles. The summed E-state index contributed by atoms with van der Waals surface area (Å²) in [4.78, 5) is 26.8. The van der Waals surface area contributed by atoms with Gasteiger partial charge in [0.25, 0.3) is 5.91 Å². The number of hydrogen-bond acceptors (Lipinski definition) is 5. The van der Waals surface area contributed by atoms with Gasteiger partial charge in [-0.05, 0) is 0 Å². The third kappa shape index (κ3) is 2.67. The SMILES string of the molecule is CNc1nc(C(=O)N2CCc3nc(-c4ccccc4)[nH]c3C2)cs1. The molecule has 2 aromatic heterocycles. The highest BCUT2D eigenvalue weighted by molar-refractivity contribution is 7.13. The van der Waals surface area contributed by atoms with Gasteiger partial charge in [-0.2, -0.15) is 0 Å². The van der Waals surface area contributed by atoms with Crippen LogP contribution in [0.4, 0.5) is 5.13 Å². The van der Waals surface area contributed by atoms with Crippen molar-refractivity contribution < 1.29 is 4.79 Å². The average Bonchev–Trinajstić information content (AvgIpc) is 3.28. The number of aromatic amines is 1. The van der Waals surface area contributed by atoms with E-state index in [4.69, 9.17) is 0 Å². The number of rotatable bonds is 3. The number of nitrogens with one attached hydrogen (secondary N) is 2. The normalized spacial score (nSPS) is 13.6. The molecule has 122 valence electrons. The van der Waals surface area contributed by atoms with Crippen molar-refractivity contribution in [2.75, 3.05) is 18.9 Å². The Hall–Kier alpha value is -2.67. The van der Waals surface area contributed by atoms with Crippen molar-refractivity contribution in [3.05, 3.63) is 52.8 Å². The van der Waals surface area contributed by atoms with Crippen LogP contribution in [0.3, 0.4) is 0 Å². The van der Waals surface area contributed by atoms with Crippen LogP contribution in [-0.2, 0) is 13.0 Å². The molecule has 0 radical (unpaired) electrons. The molecule has 1 aromatic carbocycles. The lowest BCUT2D eigenvalue weighted by atomic mass is 10.1. The minimum absolute atomic E-state index is 0.0331. The summed E-state index contributed by atoms with van der Waals surface area (Å²) in [5.41, 5.74) is 3.61. The second-order valence-corrected chi connectivity index (χ2v) is 6.50. The first-order chi connectivity index (χ1) is 11.7. The molecule has 1 amide bonds. The number of imidazole rings is 1. The van der Waals surface area contributed by atoms with Crippen molar-refractivity contribution >= 4 is 22.4 Å². The molecular formula is C17H17N5OS.